The van der Waals surface area contributed by atoms with Crippen LogP contribution in [0, 0.1) is 0 Å². The third-order valence-corrected chi connectivity index (χ3v) is 4.86. The van der Waals surface area contributed by atoms with Crippen LogP contribution in [0.3, 0.4) is 0 Å². The molecule has 1 fully saturated rings. The van der Waals surface area contributed by atoms with Gasteiger partial charge < -0.3 is 15.1 Å². The van der Waals surface area contributed by atoms with Gasteiger partial charge in [0.15, 0.2) is 0 Å². The summed E-state index contributed by atoms with van der Waals surface area (Å²) in [6, 6.07) is 12.0. The minimum Gasteiger partial charge on any atom is -0.348 e. The van der Waals surface area contributed by atoms with Crippen LogP contribution in [0.5, 0.6) is 0 Å². The molecule has 0 saturated carbocycles. The number of anilines is 1. The molecule has 1 aliphatic heterocycles. The zero-order valence-electron chi connectivity index (χ0n) is 15.9. The van der Waals surface area contributed by atoms with Crippen LogP contribution in [0.4, 0.5) is 5.69 Å². The highest BCUT2D eigenvalue weighted by Crippen LogP contribution is 2.28. The van der Waals surface area contributed by atoms with Gasteiger partial charge in [-0.15, -0.1) is 0 Å². The van der Waals surface area contributed by atoms with Crippen molar-refractivity contribution in [2.24, 2.45) is 0 Å². The van der Waals surface area contributed by atoms with Crippen molar-refractivity contribution in [3.63, 3.8) is 0 Å². The highest BCUT2D eigenvalue weighted by atomic mass is 35.5. The maximum absolute atomic E-state index is 12.7. The zero-order valence-corrected chi connectivity index (χ0v) is 16.6. The average molecular weight is 400 g/mol. The van der Waals surface area contributed by atoms with Gasteiger partial charge in [-0.2, -0.15) is 0 Å². The number of halogens is 1. The number of benzene rings is 2. The monoisotopic (exact) mass is 399 g/mol. The highest BCUT2D eigenvalue weighted by molar-refractivity contribution is 6.31. The van der Waals surface area contributed by atoms with Crippen LogP contribution in [0.15, 0.2) is 42.5 Å². The maximum Gasteiger partial charge on any atom is 0.253 e. The quantitative estimate of drug-likeness (QED) is 0.839. The van der Waals surface area contributed by atoms with Crippen LogP contribution in [0.25, 0.3) is 0 Å². The summed E-state index contributed by atoms with van der Waals surface area (Å²) in [5.41, 5.74) is 2.42. The number of hydrogen-bond donors (Lipinski definition) is 1. The first-order valence-corrected chi connectivity index (χ1v) is 9.43. The average Bonchev–Trinajstić information content (AvgIpc) is 3.11. The summed E-state index contributed by atoms with van der Waals surface area (Å²) in [5.74, 6) is -0.353. The predicted octanol–water partition coefficient (Wildman–Crippen LogP) is 3.10. The van der Waals surface area contributed by atoms with Crippen LogP contribution in [-0.2, 0) is 11.3 Å². The van der Waals surface area contributed by atoms with Crippen LogP contribution >= 0.6 is 11.6 Å². The standard InChI is InChI=1S/C21H22ClN3O3/c1-24(2)21(28)15-7-5-14(6-8-15)13-23-20(27)17-10-9-16(22)12-18(17)25-11-3-4-19(25)26/h5-10,12H,3-4,11,13H2,1-2H3,(H,23,27). The van der Waals surface area contributed by atoms with E-state index in [-0.39, 0.29) is 17.7 Å². The zero-order chi connectivity index (χ0) is 20.3. The van der Waals surface area contributed by atoms with Gasteiger partial charge in [-0.05, 0) is 42.3 Å². The second-order valence-electron chi connectivity index (χ2n) is 6.89. The van der Waals surface area contributed by atoms with Crippen molar-refractivity contribution >= 4 is 35.0 Å². The molecule has 0 aromatic heterocycles. The van der Waals surface area contributed by atoms with Crippen molar-refractivity contribution in [2.75, 3.05) is 25.5 Å². The lowest BCUT2D eigenvalue weighted by Gasteiger charge is -2.20. The van der Waals surface area contributed by atoms with Gasteiger partial charge in [0.05, 0.1) is 11.3 Å². The van der Waals surface area contributed by atoms with E-state index in [0.29, 0.717) is 41.3 Å². The first kappa shape index (κ1) is 19.9. The van der Waals surface area contributed by atoms with Gasteiger partial charge in [-0.1, -0.05) is 23.7 Å². The molecule has 1 aliphatic rings. The molecule has 0 spiro atoms. The van der Waals surface area contributed by atoms with Gasteiger partial charge in [0, 0.05) is 44.2 Å². The van der Waals surface area contributed by atoms with Crippen LogP contribution < -0.4 is 10.2 Å². The Hall–Kier alpha value is -2.86. The first-order chi connectivity index (χ1) is 13.4. The number of amides is 3. The molecule has 7 heteroatoms. The lowest BCUT2D eigenvalue weighted by molar-refractivity contribution is -0.117. The molecular formula is C21H22ClN3O3. The lowest BCUT2D eigenvalue weighted by Crippen LogP contribution is -2.29. The first-order valence-electron chi connectivity index (χ1n) is 9.05. The van der Waals surface area contributed by atoms with E-state index in [9.17, 15) is 14.4 Å². The third kappa shape index (κ3) is 4.34. The van der Waals surface area contributed by atoms with Crippen LogP contribution in [0.1, 0.15) is 39.1 Å². The van der Waals surface area contributed by atoms with Crippen molar-refractivity contribution in [2.45, 2.75) is 19.4 Å². The second kappa shape index (κ2) is 8.44. The van der Waals surface area contributed by atoms with Gasteiger partial charge >= 0.3 is 0 Å². The fourth-order valence-electron chi connectivity index (χ4n) is 3.12. The van der Waals surface area contributed by atoms with E-state index in [0.717, 1.165) is 12.0 Å². The summed E-state index contributed by atoms with van der Waals surface area (Å²) in [6.07, 6.45) is 1.25. The minimum absolute atomic E-state index is 0.00235. The van der Waals surface area contributed by atoms with Gasteiger partial charge in [0.25, 0.3) is 11.8 Å². The molecule has 28 heavy (non-hydrogen) atoms. The Morgan fingerprint density at radius 2 is 1.86 bits per heavy atom. The number of nitrogens with zero attached hydrogens (tertiary/aromatic N) is 2. The van der Waals surface area contributed by atoms with E-state index in [1.165, 1.54) is 4.90 Å². The Kier molecular flexibility index (Phi) is 5.99. The molecular weight excluding hydrogens is 378 g/mol. The summed E-state index contributed by atoms with van der Waals surface area (Å²) in [4.78, 5) is 39.9. The largest absolute Gasteiger partial charge is 0.348 e. The number of carbonyl (C=O) groups excluding carboxylic acids is 3. The third-order valence-electron chi connectivity index (χ3n) is 4.63. The van der Waals surface area contributed by atoms with Crippen molar-refractivity contribution in [3.05, 3.63) is 64.2 Å². The summed E-state index contributed by atoms with van der Waals surface area (Å²) < 4.78 is 0. The van der Waals surface area contributed by atoms with Crippen LogP contribution in [0.2, 0.25) is 5.02 Å². The molecule has 3 rings (SSSR count). The number of rotatable bonds is 5. The lowest BCUT2D eigenvalue weighted by atomic mass is 10.1. The summed E-state index contributed by atoms with van der Waals surface area (Å²) in [5, 5.41) is 3.35. The Morgan fingerprint density at radius 3 is 2.46 bits per heavy atom. The van der Waals surface area contributed by atoms with Gasteiger partial charge in [-0.3, -0.25) is 14.4 Å². The molecule has 0 aliphatic carbocycles. The van der Waals surface area contributed by atoms with E-state index in [1.54, 1.807) is 49.3 Å². The van der Waals surface area contributed by atoms with Gasteiger partial charge in [0.1, 0.15) is 0 Å². The Balaban J connectivity index is 1.72. The molecule has 1 saturated heterocycles. The van der Waals surface area contributed by atoms with Crippen molar-refractivity contribution in [3.8, 4) is 0 Å². The van der Waals surface area contributed by atoms with Crippen LogP contribution in [-0.4, -0.2) is 43.3 Å². The predicted molar refractivity (Wildman–Crippen MR) is 109 cm³/mol. The molecule has 0 radical (unpaired) electrons. The van der Waals surface area contributed by atoms with Crippen molar-refractivity contribution in [1.82, 2.24) is 10.2 Å². The molecule has 0 atom stereocenters. The molecule has 3 amide bonds. The Morgan fingerprint density at radius 1 is 1.14 bits per heavy atom. The van der Waals surface area contributed by atoms with E-state index in [4.69, 9.17) is 11.6 Å². The SMILES string of the molecule is CN(C)C(=O)c1ccc(CNC(=O)c2ccc(Cl)cc2N2CCCC2=O)cc1. The van der Waals surface area contributed by atoms with E-state index in [2.05, 4.69) is 5.32 Å². The Labute approximate surface area is 169 Å². The smallest absolute Gasteiger partial charge is 0.253 e. The fourth-order valence-corrected chi connectivity index (χ4v) is 3.29. The summed E-state index contributed by atoms with van der Waals surface area (Å²) >= 11 is 6.08. The van der Waals surface area contributed by atoms with Crippen molar-refractivity contribution < 1.29 is 14.4 Å². The number of nitrogens with one attached hydrogen (secondary N) is 1. The van der Waals surface area contributed by atoms with Gasteiger partial charge in [-0.25, -0.2) is 0 Å². The summed E-state index contributed by atoms with van der Waals surface area (Å²) in [7, 11) is 3.40. The van der Waals surface area contributed by atoms with Gasteiger partial charge in [0.2, 0.25) is 5.91 Å². The second-order valence-corrected chi connectivity index (χ2v) is 7.33. The molecule has 0 bridgehead atoms. The Bertz CT molecular complexity index is 910. The van der Waals surface area contributed by atoms with E-state index in [1.807, 2.05) is 12.1 Å². The summed E-state index contributed by atoms with van der Waals surface area (Å²) in [6.45, 7) is 0.895. The molecule has 146 valence electrons. The highest BCUT2D eigenvalue weighted by Gasteiger charge is 2.26. The molecule has 2 aromatic carbocycles. The minimum atomic E-state index is -0.278. The molecule has 6 nitrogen and oxygen atoms in total. The number of hydrogen-bond acceptors (Lipinski definition) is 3. The van der Waals surface area contributed by atoms with Crippen molar-refractivity contribution in [1.29, 1.82) is 0 Å². The normalized spacial score (nSPS) is 13.5. The maximum atomic E-state index is 12.7. The molecule has 1 N–H and O–H groups in total. The molecule has 1 heterocycles. The fraction of sp³-hybridized carbons (Fsp3) is 0.286. The van der Waals surface area contributed by atoms with E-state index < -0.39 is 0 Å². The topological polar surface area (TPSA) is 69.7 Å². The molecule has 0 unspecified atom stereocenters. The van der Waals surface area contributed by atoms with E-state index >= 15 is 0 Å². The molecule has 2 aromatic rings. The number of carbonyl (C=O) groups is 3.